The van der Waals surface area contributed by atoms with Crippen molar-refractivity contribution in [2.45, 2.75) is 40.0 Å². The number of hydrogen-bond donors (Lipinski definition) is 1. The molecule has 0 rings (SSSR count). The molecule has 1 N–H and O–H groups in total. The van der Waals surface area contributed by atoms with Gasteiger partial charge in [0.15, 0.2) is 0 Å². The van der Waals surface area contributed by atoms with Gasteiger partial charge in [-0.2, -0.15) is 0 Å². The van der Waals surface area contributed by atoms with Crippen molar-refractivity contribution in [3.8, 4) is 0 Å². The lowest BCUT2D eigenvalue weighted by molar-refractivity contribution is -0.121. The molecule has 3 heteroatoms. The van der Waals surface area contributed by atoms with E-state index in [-0.39, 0.29) is 5.91 Å². The molecule has 0 fully saturated rings. The number of rotatable bonds is 8. The van der Waals surface area contributed by atoms with Crippen molar-refractivity contribution in [1.29, 1.82) is 0 Å². The van der Waals surface area contributed by atoms with E-state index in [0.29, 0.717) is 6.42 Å². The minimum atomic E-state index is 0.186. The Hall–Kier alpha value is -0.570. The molecule has 0 bridgehead atoms. The molecular formula is C11H24N2O. The van der Waals surface area contributed by atoms with Crippen LogP contribution >= 0.6 is 0 Å². The van der Waals surface area contributed by atoms with Gasteiger partial charge in [0.05, 0.1) is 0 Å². The Morgan fingerprint density at radius 1 is 1.21 bits per heavy atom. The Balaban J connectivity index is 3.42. The zero-order valence-electron chi connectivity index (χ0n) is 9.81. The normalized spacial score (nSPS) is 10.6. The van der Waals surface area contributed by atoms with E-state index in [9.17, 15) is 4.79 Å². The maximum Gasteiger partial charge on any atom is 0.221 e. The predicted octanol–water partition coefficient (Wildman–Crippen LogP) is 1.63. The Morgan fingerprint density at radius 3 is 2.36 bits per heavy atom. The number of hydrogen-bond acceptors (Lipinski definition) is 2. The van der Waals surface area contributed by atoms with Gasteiger partial charge in [-0.05, 0) is 19.5 Å². The second-order valence-corrected chi connectivity index (χ2v) is 3.48. The summed E-state index contributed by atoms with van der Waals surface area (Å²) in [6.45, 7) is 10.1. The van der Waals surface area contributed by atoms with E-state index in [4.69, 9.17) is 0 Å². The molecule has 0 unspecified atom stereocenters. The molecule has 1 amide bonds. The second kappa shape index (κ2) is 9.00. The first kappa shape index (κ1) is 13.4. The molecule has 14 heavy (non-hydrogen) atoms. The van der Waals surface area contributed by atoms with Crippen molar-refractivity contribution in [3.63, 3.8) is 0 Å². The summed E-state index contributed by atoms with van der Waals surface area (Å²) in [5, 5.41) is 2.92. The number of carbonyl (C=O) groups excluding carboxylic acids is 1. The highest BCUT2D eigenvalue weighted by Crippen LogP contribution is 1.91. The summed E-state index contributed by atoms with van der Waals surface area (Å²) in [5.74, 6) is 0.186. The van der Waals surface area contributed by atoms with Crippen molar-refractivity contribution in [3.05, 3.63) is 0 Å². The van der Waals surface area contributed by atoms with E-state index in [1.54, 1.807) is 0 Å². The largest absolute Gasteiger partial charge is 0.356 e. The van der Waals surface area contributed by atoms with Crippen LogP contribution in [0.5, 0.6) is 0 Å². The van der Waals surface area contributed by atoms with Crippen LogP contribution in [0.3, 0.4) is 0 Å². The maximum atomic E-state index is 11.3. The van der Waals surface area contributed by atoms with Gasteiger partial charge in [-0.25, -0.2) is 0 Å². The van der Waals surface area contributed by atoms with Crippen LogP contribution < -0.4 is 5.32 Å². The number of unbranched alkanes of at least 4 members (excludes halogenated alkanes) is 1. The summed E-state index contributed by atoms with van der Waals surface area (Å²) in [6, 6.07) is 0. The fourth-order valence-electron chi connectivity index (χ4n) is 1.29. The number of amides is 1. The summed E-state index contributed by atoms with van der Waals surface area (Å²) in [4.78, 5) is 13.6. The fourth-order valence-corrected chi connectivity index (χ4v) is 1.29. The monoisotopic (exact) mass is 200 g/mol. The zero-order chi connectivity index (χ0) is 10.8. The minimum absolute atomic E-state index is 0.186. The van der Waals surface area contributed by atoms with Crippen molar-refractivity contribution in [1.82, 2.24) is 10.2 Å². The van der Waals surface area contributed by atoms with Crippen molar-refractivity contribution >= 4 is 5.91 Å². The summed E-state index contributed by atoms with van der Waals surface area (Å²) < 4.78 is 0. The molecule has 0 spiro atoms. The lowest BCUT2D eigenvalue weighted by Gasteiger charge is -2.17. The van der Waals surface area contributed by atoms with E-state index >= 15 is 0 Å². The SMILES string of the molecule is CCCCNC(=O)CCN(CC)CC. The first-order valence-corrected chi connectivity index (χ1v) is 5.73. The van der Waals surface area contributed by atoms with Gasteiger partial charge >= 0.3 is 0 Å². The smallest absolute Gasteiger partial charge is 0.221 e. The number of nitrogens with one attached hydrogen (secondary N) is 1. The summed E-state index contributed by atoms with van der Waals surface area (Å²) in [7, 11) is 0. The van der Waals surface area contributed by atoms with Gasteiger partial charge in [-0.3, -0.25) is 4.79 Å². The summed E-state index contributed by atoms with van der Waals surface area (Å²) in [5.41, 5.74) is 0. The van der Waals surface area contributed by atoms with E-state index in [1.165, 1.54) is 0 Å². The van der Waals surface area contributed by atoms with Crippen LogP contribution in [0.15, 0.2) is 0 Å². The van der Waals surface area contributed by atoms with E-state index < -0.39 is 0 Å². The predicted molar refractivity (Wildman–Crippen MR) is 60.3 cm³/mol. The molecule has 3 nitrogen and oxygen atoms in total. The topological polar surface area (TPSA) is 32.3 Å². The number of nitrogens with zero attached hydrogens (tertiary/aromatic N) is 1. The molecule has 84 valence electrons. The molecule has 0 aromatic heterocycles. The van der Waals surface area contributed by atoms with Crippen LogP contribution in [-0.4, -0.2) is 37.0 Å². The van der Waals surface area contributed by atoms with Crippen LogP contribution in [0.2, 0.25) is 0 Å². The van der Waals surface area contributed by atoms with Gasteiger partial charge in [0, 0.05) is 19.5 Å². The van der Waals surface area contributed by atoms with Gasteiger partial charge in [-0.1, -0.05) is 27.2 Å². The highest BCUT2D eigenvalue weighted by atomic mass is 16.1. The van der Waals surface area contributed by atoms with Gasteiger partial charge in [0.25, 0.3) is 0 Å². The first-order valence-electron chi connectivity index (χ1n) is 5.73. The molecule has 0 atom stereocenters. The standard InChI is InChI=1S/C11H24N2O/c1-4-7-9-12-11(14)8-10-13(5-2)6-3/h4-10H2,1-3H3,(H,12,14). The van der Waals surface area contributed by atoms with Gasteiger partial charge in [0.1, 0.15) is 0 Å². The third-order valence-corrected chi connectivity index (χ3v) is 2.40. The van der Waals surface area contributed by atoms with Gasteiger partial charge < -0.3 is 10.2 Å². The number of carbonyl (C=O) groups is 1. The molecule has 0 aromatic rings. The van der Waals surface area contributed by atoms with Crippen LogP contribution in [0.4, 0.5) is 0 Å². The Bertz CT molecular complexity index is 144. The van der Waals surface area contributed by atoms with Crippen LogP contribution in [0.1, 0.15) is 40.0 Å². The quantitative estimate of drug-likeness (QED) is 0.604. The molecule has 0 radical (unpaired) electrons. The molecule has 0 heterocycles. The maximum absolute atomic E-state index is 11.3. The average molecular weight is 200 g/mol. The van der Waals surface area contributed by atoms with E-state index in [1.807, 2.05) is 0 Å². The molecule has 0 aliphatic carbocycles. The third kappa shape index (κ3) is 6.89. The van der Waals surface area contributed by atoms with Crippen molar-refractivity contribution in [2.24, 2.45) is 0 Å². The van der Waals surface area contributed by atoms with Crippen molar-refractivity contribution < 1.29 is 4.79 Å². The Kier molecular flexibility index (Phi) is 8.64. The summed E-state index contributed by atoms with van der Waals surface area (Å²) >= 11 is 0. The van der Waals surface area contributed by atoms with Crippen LogP contribution in [-0.2, 0) is 4.79 Å². The minimum Gasteiger partial charge on any atom is -0.356 e. The zero-order valence-corrected chi connectivity index (χ0v) is 9.81. The average Bonchev–Trinajstić information content (AvgIpc) is 2.20. The molecule has 0 aliphatic rings. The third-order valence-electron chi connectivity index (χ3n) is 2.40. The Morgan fingerprint density at radius 2 is 1.86 bits per heavy atom. The first-order chi connectivity index (χ1) is 6.74. The molecule has 0 aliphatic heterocycles. The van der Waals surface area contributed by atoms with Crippen molar-refractivity contribution in [2.75, 3.05) is 26.2 Å². The van der Waals surface area contributed by atoms with Crippen LogP contribution in [0, 0.1) is 0 Å². The highest BCUT2D eigenvalue weighted by Gasteiger charge is 2.03. The van der Waals surface area contributed by atoms with Gasteiger partial charge in [0.2, 0.25) is 5.91 Å². The fraction of sp³-hybridized carbons (Fsp3) is 0.909. The second-order valence-electron chi connectivity index (χ2n) is 3.48. The van der Waals surface area contributed by atoms with E-state index in [2.05, 4.69) is 31.0 Å². The molecule has 0 saturated carbocycles. The molecule has 0 saturated heterocycles. The summed E-state index contributed by atoms with van der Waals surface area (Å²) in [6.07, 6.45) is 2.85. The molecular weight excluding hydrogens is 176 g/mol. The lowest BCUT2D eigenvalue weighted by Crippen LogP contribution is -2.31. The van der Waals surface area contributed by atoms with Gasteiger partial charge in [-0.15, -0.1) is 0 Å². The molecule has 0 aromatic carbocycles. The Labute approximate surface area is 87.9 Å². The highest BCUT2D eigenvalue weighted by molar-refractivity contribution is 5.75. The van der Waals surface area contributed by atoms with Crippen LogP contribution in [0.25, 0.3) is 0 Å². The van der Waals surface area contributed by atoms with E-state index in [0.717, 1.165) is 39.0 Å². The lowest BCUT2D eigenvalue weighted by atomic mass is 10.3.